The Kier molecular flexibility index (Phi) is 4.52. The Morgan fingerprint density at radius 2 is 2.21 bits per heavy atom. The molecule has 0 bridgehead atoms. The predicted octanol–water partition coefficient (Wildman–Crippen LogP) is 2.22. The van der Waals surface area contributed by atoms with E-state index in [1.807, 2.05) is 6.07 Å². The maximum absolute atomic E-state index is 13.9. The van der Waals surface area contributed by atoms with E-state index >= 15 is 0 Å². The molecule has 2 rings (SSSR count). The highest BCUT2D eigenvalue weighted by atomic mass is 19.1. The van der Waals surface area contributed by atoms with Crippen molar-refractivity contribution in [2.45, 2.75) is 25.9 Å². The lowest BCUT2D eigenvalue weighted by atomic mass is 10.1. The molecule has 102 valence electrons. The summed E-state index contributed by atoms with van der Waals surface area (Å²) in [6.07, 6.45) is 1.11. The van der Waals surface area contributed by atoms with E-state index in [4.69, 9.17) is 5.26 Å². The third kappa shape index (κ3) is 3.52. The molecular weight excluding hydrogens is 241 g/mol. The van der Waals surface area contributed by atoms with Crippen molar-refractivity contribution >= 4 is 0 Å². The Labute approximate surface area is 114 Å². The Morgan fingerprint density at radius 3 is 2.89 bits per heavy atom. The van der Waals surface area contributed by atoms with Crippen molar-refractivity contribution in [3.63, 3.8) is 0 Å². The van der Waals surface area contributed by atoms with Gasteiger partial charge in [-0.25, -0.2) is 4.39 Å². The van der Waals surface area contributed by atoms with E-state index in [2.05, 4.69) is 23.8 Å². The second-order valence-electron chi connectivity index (χ2n) is 5.35. The van der Waals surface area contributed by atoms with Crippen LogP contribution < -0.4 is 0 Å². The van der Waals surface area contributed by atoms with E-state index in [-0.39, 0.29) is 5.82 Å². The van der Waals surface area contributed by atoms with Crippen molar-refractivity contribution in [3.05, 3.63) is 35.1 Å². The summed E-state index contributed by atoms with van der Waals surface area (Å²) >= 11 is 0. The molecule has 1 aliphatic rings. The normalized spacial score (nSPS) is 21.9. The number of nitriles is 1. The zero-order chi connectivity index (χ0) is 13.8. The number of likely N-dealkylation sites (N-methyl/N-ethyl adjacent to an activating group) is 1. The van der Waals surface area contributed by atoms with Gasteiger partial charge >= 0.3 is 0 Å². The lowest BCUT2D eigenvalue weighted by Gasteiger charge is -2.28. The molecule has 1 aromatic rings. The third-order valence-electron chi connectivity index (χ3n) is 3.74. The fourth-order valence-electron chi connectivity index (χ4n) is 2.62. The largest absolute Gasteiger partial charge is 0.305 e. The van der Waals surface area contributed by atoms with Gasteiger partial charge in [0.05, 0.1) is 11.6 Å². The van der Waals surface area contributed by atoms with Gasteiger partial charge in [0.25, 0.3) is 0 Å². The van der Waals surface area contributed by atoms with Gasteiger partial charge in [0.15, 0.2) is 0 Å². The van der Waals surface area contributed by atoms with Crippen molar-refractivity contribution < 1.29 is 4.39 Å². The van der Waals surface area contributed by atoms with Crippen LogP contribution in [0.25, 0.3) is 0 Å². The van der Waals surface area contributed by atoms with Crippen molar-refractivity contribution in [2.75, 3.05) is 26.7 Å². The first-order chi connectivity index (χ1) is 9.10. The fourth-order valence-corrected chi connectivity index (χ4v) is 2.62. The summed E-state index contributed by atoms with van der Waals surface area (Å²) in [5.74, 6) is -0.274. The van der Waals surface area contributed by atoms with Crippen LogP contribution in [0.3, 0.4) is 0 Å². The Balaban J connectivity index is 2.10. The first kappa shape index (κ1) is 14.0. The number of hydrogen-bond donors (Lipinski definition) is 0. The van der Waals surface area contributed by atoms with Crippen molar-refractivity contribution in [1.29, 1.82) is 5.26 Å². The topological polar surface area (TPSA) is 30.3 Å². The van der Waals surface area contributed by atoms with E-state index in [0.717, 1.165) is 26.1 Å². The molecule has 1 aliphatic heterocycles. The summed E-state index contributed by atoms with van der Waals surface area (Å²) in [6.45, 7) is 5.90. The van der Waals surface area contributed by atoms with E-state index in [1.54, 1.807) is 12.1 Å². The van der Waals surface area contributed by atoms with Gasteiger partial charge in [-0.3, -0.25) is 4.90 Å². The zero-order valence-electron chi connectivity index (χ0n) is 11.6. The highest BCUT2D eigenvalue weighted by Crippen LogP contribution is 2.16. The van der Waals surface area contributed by atoms with Gasteiger partial charge in [0, 0.05) is 31.2 Å². The third-order valence-corrected chi connectivity index (χ3v) is 3.74. The van der Waals surface area contributed by atoms with Gasteiger partial charge in [-0.1, -0.05) is 6.07 Å². The van der Waals surface area contributed by atoms with Crippen molar-refractivity contribution in [2.24, 2.45) is 0 Å². The van der Waals surface area contributed by atoms with Crippen LogP contribution >= 0.6 is 0 Å². The van der Waals surface area contributed by atoms with E-state index in [1.165, 1.54) is 6.07 Å². The molecule has 0 saturated carbocycles. The molecule has 1 heterocycles. The summed E-state index contributed by atoms with van der Waals surface area (Å²) in [6, 6.07) is 7.12. The molecule has 1 unspecified atom stereocenters. The van der Waals surface area contributed by atoms with Crippen LogP contribution in [0.4, 0.5) is 4.39 Å². The molecule has 0 radical (unpaired) electrons. The molecule has 0 aromatic heterocycles. The Bertz CT molecular complexity index is 481. The zero-order valence-corrected chi connectivity index (χ0v) is 11.6. The molecule has 0 spiro atoms. The van der Waals surface area contributed by atoms with Gasteiger partial charge in [-0.2, -0.15) is 5.26 Å². The standard InChI is InChI=1S/C15H20FN3/c1-12-10-18(2)6-3-7-19(12)11-14-5-4-13(9-17)8-15(14)16/h4-5,8,12H,3,6-7,10-11H2,1-2H3. The van der Waals surface area contributed by atoms with Crippen LogP contribution in [-0.4, -0.2) is 42.5 Å². The lowest BCUT2D eigenvalue weighted by molar-refractivity contribution is 0.192. The summed E-state index contributed by atoms with van der Waals surface area (Å²) in [4.78, 5) is 4.63. The molecule has 3 nitrogen and oxygen atoms in total. The monoisotopic (exact) mass is 261 g/mol. The number of benzene rings is 1. The fraction of sp³-hybridized carbons (Fsp3) is 0.533. The summed E-state index contributed by atoms with van der Waals surface area (Å²) in [7, 11) is 2.13. The highest BCUT2D eigenvalue weighted by molar-refractivity contribution is 5.32. The summed E-state index contributed by atoms with van der Waals surface area (Å²) in [5.41, 5.74) is 1.06. The van der Waals surface area contributed by atoms with E-state index in [9.17, 15) is 4.39 Å². The van der Waals surface area contributed by atoms with Crippen LogP contribution in [0.15, 0.2) is 18.2 Å². The minimum absolute atomic E-state index is 0.274. The quantitative estimate of drug-likeness (QED) is 0.818. The van der Waals surface area contributed by atoms with Gasteiger partial charge in [-0.05, 0) is 39.1 Å². The first-order valence-corrected chi connectivity index (χ1v) is 6.71. The number of halogens is 1. The molecule has 1 aromatic carbocycles. The maximum Gasteiger partial charge on any atom is 0.129 e. The molecule has 1 atom stereocenters. The minimum atomic E-state index is -0.274. The van der Waals surface area contributed by atoms with Crippen LogP contribution in [0, 0.1) is 17.1 Å². The SMILES string of the molecule is CC1CN(C)CCCN1Cc1ccc(C#N)cc1F. The number of nitrogens with zero attached hydrogens (tertiary/aromatic N) is 3. The van der Waals surface area contributed by atoms with Crippen LogP contribution in [-0.2, 0) is 6.54 Å². The smallest absolute Gasteiger partial charge is 0.129 e. The average Bonchev–Trinajstić information content (AvgIpc) is 2.53. The average molecular weight is 261 g/mol. The number of rotatable bonds is 2. The molecule has 1 saturated heterocycles. The molecule has 1 fully saturated rings. The molecule has 0 aliphatic carbocycles. The molecule has 0 N–H and O–H groups in total. The van der Waals surface area contributed by atoms with E-state index < -0.39 is 0 Å². The minimum Gasteiger partial charge on any atom is -0.305 e. The van der Waals surface area contributed by atoms with Gasteiger partial charge in [0.1, 0.15) is 5.82 Å². The predicted molar refractivity (Wildman–Crippen MR) is 73.1 cm³/mol. The first-order valence-electron chi connectivity index (χ1n) is 6.71. The van der Waals surface area contributed by atoms with Crippen LogP contribution in [0.1, 0.15) is 24.5 Å². The second kappa shape index (κ2) is 6.14. The van der Waals surface area contributed by atoms with Crippen LogP contribution in [0.2, 0.25) is 0 Å². The highest BCUT2D eigenvalue weighted by Gasteiger charge is 2.20. The molecular formula is C15H20FN3. The van der Waals surface area contributed by atoms with Gasteiger partial charge in [-0.15, -0.1) is 0 Å². The molecule has 19 heavy (non-hydrogen) atoms. The maximum atomic E-state index is 13.9. The molecule has 4 heteroatoms. The summed E-state index contributed by atoms with van der Waals surface area (Å²) < 4.78 is 13.9. The lowest BCUT2D eigenvalue weighted by Crippen LogP contribution is -2.37. The van der Waals surface area contributed by atoms with Crippen molar-refractivity contribution in [1.82, 2.24) is 9.80 Å². The van der Waals surface area contributed by atoms with Gasteiger partial charge < -0.3 is 4.90 Å². The van der Waals surface area contributed by atoms with Crippen LogP contribution in [0.5, 0.6) is 0 Å². The van der Waals surface area contributed by atoms with E-state index in [0.29, 0.717) is 23.7 Å². The molecule has 0 amide bonds. The van der Waals surface area contributed by atoms with Gasteiger partial charge in [0.2, 0.25) is 0 Å². The van der Waals surface area contributed by atoms with Crippen molar-refractivity contribution in [3.8, 4) is 6.07 Å². The second-order valence-corrected chi connectivity index (χ2v) is 5.35. The Hall–Kier alpha value is -1.44. The Morgan fingerprint density at radius 1 is 1.42 bits per heavy atom. The summed E-state index contributed by atoms with van der Waals surface area (Å²) in [5, 5.41) is 8.75. The number of hydrogen-bond acceptors (Lipinski definition) is 3.